The Balaban J connectivity index is 1.41. The normalized spacial score (nSPS) is 25.8. The van der Waals surface area contributed by atoms with Crippen LogP contribution in [0.2, 0.25) is 0 Å². The molecule has 10 heteroatoms. The van der Waals surface area contributed by atoms with Gasteiger partial charge in [0.1, 0.15) is 23.9 Å². The van der Waals surface area contributed by atoms with Crippen LogP contribution < -0.4 is 10.2 Å². The summed E-state index contributed by atoms with van der Waals surface area (Å²) < 4.78 is 21.1. The Kier molecular flexibility index (Phi) is 3.77. The lowest BCUT2D eigenvalue weighted by Crippen LogP contribution is -2.39. The molecule has 5 heterocycles. The molecule has 1 saturated carbocycles. The van der Waals surface area contributed by atoms with Gasteiger partial charge in [-0.1, -0.05) is 0 Å². The van der Waals surface area contributed by atoms with E-state index >= 15 is 0 Å². The molecule has 3 aliphatic rings. The van der Waals surface area contributed by atoms with Gasteiger partial charge in [-0.3, -0.25) is 5.10 Å². The third kappa shape index (κ3) is 2.93. The van der Waals surface area contributed by atoms with Gasteiger partial charge in [0.05, 0.1) is 18.8 Å². The van der Waals surface area contributed by atoms with Crippen molar-refractivity contribution in [2.24, 2.45) is 5.41 Å². The van der Waals surface area contributed by atoms with Crippen molar-refractivity contribution >= 4 is 17.3 Å². The van der Waals surface area contributed by atoms with Crippen LogP contribution in [-0.2, 0) is 4.74 Å². The molecule has 2 aliphatic heterocycles. The molecule has 0 bridgehead atoms. The van der Waals surface area contributed by atoms with Gasteiger partial charge >= 0.3 is 0 Å². The third-order valence-electron chi connectivity index (χ3n) is 6.45. The van der Waals surface area contributed by atoms with Crippen molar-refractivity contribution < 1.29 is 9.13 Å². The molecule has 0 unspecified atom stereocenters. The second kappa shape index (κ2) is 6.38. The highest BCUT2D eigenvalue weighted by molar-refractivity contribution is 5.85. The summed E-state index contributed by atoms with van der Waals surface area (Å²) in [6, 6.07) is -0.340. The van der Waals surface area contributed by atoms with Crippen LogP contribution in [0.15, 0.2) is 18.7 Å². The van der Waals surface area contributed by atoms with Crippen molar-refractivity contribution in [1.29, 1.82) is 0 Å². The zero-order valence-corrected chi connectivity index (χ0v) is 16.0. The molecule has 9 nitrogen and oxygen atoms in total. The molecule has 2 N–H and O–H groups in total. The molecule has 6 rings (SSSR count). The molecule has 3 aromatic heterocycles. The average Bonchev–Trinajstić information content (AvgIpc) is 3.12. The van der Waals surface area contributed by atoms with Crippen molar-refractivity contribution in [2.75, 3.05) is 36.5 Å². The number of alkyl halides is 1. The van der Waals surface area contributed by atoms with E-state index in [1.165, 1.54) is 19.3 Å². The molecule has 0 aromatic carbocycles. The summed E-state index contributed by atoms with van der Waals surface area (Å²) in [4.78, 5) is 11.8. The lowest BCUT2D eigenvalue weighted by Gasteiger charge is -2.26. The SMILES string of the molecule is F[C@@H]1COCC[C@@H]1Nc1nc2c(N3CCC4(CC4)C3)c(-c3cn[nH]c3)ncn2n1. The number of rotatable bonds is 4. The molecular weight excluding hydrogens is 375 g/mol. The molecule has 2 atom stereocenters. The van der Waals surface area contributed by atoms with Crippen LogP contribution in [0.5, 0.6) is 0 Å². The molecule has 1 aliphatic carbocycles. The first-order chi connectivity index (χ1) is 14.2. The zero-order chi connectivity index (χ0) is 19.4. The highest BCUT2D eigenvalue weighted by Crippen LogP contribution is 2.54. The Hall–Kier alpha value is -2.75. The number of aromatic amines is 1. The smallest absolute Gasteiger partial charge is 0.243 e. The fourth-order valence-corrected chi connectivity index (χ4v) is 4.53. The Labute approximate surface area is 166 Å². The first kappa shape index (κ1) is 17.1. The molecular formula is C19H23FN8O. The van der Waals surface area contributed by atoms with Gasteiger partial charge in [-0.2, -0.15) is 14.6 Å². The molecule has 2 saturated heterocycles. The summed E-state index contributed by atoms with van der Waals surface area (Å²) >= 11 is 0. The largest absolute Gasteiger partial charge is 0.378 e. The summed E-state index contributed by atoms with van der Waals surface area (Å²) in [7, 11) is 0. The number of hydrogen-bond acceptors (Lipinski definition) is 7. The van der Waals surface area contributed by atoms with E-state index in [-0.39, 0.29) is 12.6 Å². The van der Waals surface area contributed by atoms with E-state index in [0.717, 1.165) is 35.7 Å². The van der Waals surface area contributed by atoms with Crippen LogP contribution in [-0.4, -0.2) is 68.3 Å². The minimum Gasteiger partial charge on any atom is -0.378 e. The van der Waals surface area contributed by atoms with Crippen molar-refractivity contribution in [3.8, 4) is 11.3 Å². The number of halogens is 1. The van der Waals surface area contributed by atoms with Gasteiger partial charge in [-0.25, -0.2) is 9.37 Å². The number of aromatic nitrogens is 6. The van der Waals surface area contributed by atoms with Gasteiger partial charge in [0.2, 0.25) is 5.95 Å². The van der Waals surface area contributed by atoms with E-state index in [1.807, 2.05) is 6.20 Å². The fraction of sp³-hybridized carbons (Fsp3) is 0.579. The topological polar surface area (TPSA) is 96.3 Å². The highest BCUT2D eigenvalue weighted by Gasteiger charge is 2.48. The van der Waals surface area contributed by atoms with Crippen LogP contribution in [0, 0.1) is 5.41 Å². The van der Waals surface area contributed by atoms with Crippen molar-refractivity contribution in [1.82, 2.24) is 29.8 Å². The number of anilines is 2. The Bertz CT molecular complexity index is 1030. The average molecular weight is 398 g/mol. The minimum atomic E-state index is -1.07. The number of ether oxygens (including phenoxy) is 1. The highest BCUT2D eigenvalue weighted by atomic mass is 19.1. The van der Waals surface area contributed by atoms with E-state index in [2.05, 4.69) is 30.5 Å². The first-order valence-electron chi connectivity index (χ1n) is 10.2. The molecule has 29 heavy (non-hydrogen) atoms. The molecule has 3 fully saturated rings. The van der Waals surface area contributed by atoms with Crippen LogP contribution >= 0.6 is 0 Å². The number of fused-ring (bicyclic) bond motifs is 1. The lowest BCUT2D eigenvalue weighted by molar-refractivity contribution is 0.0284. The number of nitrogens with zero attached hydrogens (tertiary/aromatic N) is 6. The Morgan fingerprint density at radius 3 is 3.00 bits per heavy atom. The summed E-state index contributed by atoms with van der Waals surface area (Å²) in [6.45, 7) is 2.65. The molecule has 1 spiro atoms. The van der Waals surface area contributed by atoms with Crippen LogP contribution in [0.1, 0.15) is 25.7 Å². The lowest BCUT2D eigenvalue weighted by atomic mass is 10.1. The molecule has 0 amide bonds. The van der Waals surface area contributed by atoms with Gasteiger partial charge in [-0.15, -0.1) is 5.10 Å². The quantitative estimate of drug-likeness (QED) is 0.694. The maximum absolute atomic E-state index is 14.2. The summed E-state index contributed by atoms with van der Waals surface area (Å²) in [5.41, 5.74) is 3.94. The van der Waals surface area contributed by atoms with E-state index < -0.39 is 6.17 Å². The maximum Gasteiger partial charge on any atom is 0.243 e. The minimum absolute atomic E-state index is 0.109. The van der Waals surface area contributed by atoms with Crippen LogP contribution in [0.4, 0.5) is 16.0 Å². The van der Waals surface area contributed by atoms with Gasteiger partial charge in [0.15, 0.2) is 5.65 Å². The van der Waals surface area contributed by atoms with E-state index in [9.17, 15) is 4.39 Å². The van der Waals surface area contributed by atoms with E-state index in [4.69, 9.17) is 9.72 Å². The van der Waals surface area contributed by atoms with Gasteiger partial charge < -0.3 is 15.0 Å². The van der Waals surface area contributed by atoms with Crippen molar-refractivity contribution in [3.63, 3.8) is 0 Å². The van der Waals surface area contributed by atoms with Gasteiger partial charge in [0.25, 0.3) is 0 Å². The van der Waals surface area contributed by atoms with E-state index in [1.54, 1.807) is 17.0 Å². The molecule has 152 valence electrons. The fourth-order valence-electron chi connectivity index (χ4n) is 4.53. The van der Waals surface area contributed by atoms with Gasteiger partial charge in [0, 0.05) is 31.5 Å². The molecule has 3 aromatic rings. The van der Waals surface area contributed by atoms with Crippen LogP contribution in [0.25, 0.3) is 16.9 Å². The van der Waals surface area contributed by atoms with Crippen molar-refractivity contribution in [3.05, 3.63) is 18.7 Å². The molecule has 0 radical (unpaired) electrons. The Morgan fingerprint density at radius 1 is 1.31 bits per heavy atom. The predicted molar refractivity (Wildman–Crippen MR) is 105 cm³/mol. The third-order valence-corrected chi connectivity index (χ3v) is 6.45. The second-order valence-corrected chi connectivity index (χ2v) is 8.43. The number of nitrogens with one attached hydrogen (secondary N) is 2. The maximum atomic E-state index is 14.2. The standard InChI is InChI=1S/C19H23FN8O/c20-13-9-29-6-1-14(13)24-18-25-17-16(27-5-4-19(10-27)2-3-19)15(12-7-22-23-8-12)21-11-28(17)26-18/h7-8,11,13-14H,1-6,9-10H2,(H,22,23)(H,24,26)/t13-,14+/m1/s1. The summed E-state index contributed by atoms with van der Waals surface area (Å²) in [6.07, 6.45) is 8.60. The summed E-state index contributed by atoms with van der Waals surface area (Å²) in [5.74, 6) is 0.423. The van der Waals surface area contributed by atoms with Crippen molar-refractivity contribution in [2.45, 2.75) is 37.9 Å². The van der Waals surface area contributed by atoms with Gasteiger partial charge in [-0.05, 0) is 31.1 Å². The monoisotopic (exact) mass is 398 g/mol. The second-order valence-electron chi connectivity index (χ2n) is 8.43. The summed E-state index contributed by atoms with van der Waals surface area (Å²) in [5, 5.41) is 14.6. The zero-order valence-electron chi connectivity index (χ0n) is 16.0. The first-order valence-corrected chi connectivity index (χ1v) is 10.2. The Morgan fingerprint density at radius 2 is 2.24 bits per heavy atom. The number of hydrogen-bond donors (Lipinski definition) is 2. The van der Waals surface area contributed by atoms with E-state index in [0.29, 0.717) is 24.4 Å². The van der Waals surface area contributed by atoms with Crippen LogP contribution in [0.3, 0.4) is 0 Å². The number of H-pyrrole nitrogens is 1. The predicted octanol–water partition coefficient (Wildman–Crippen LogP) is 2.04.